The van der Waals surface area contributed by atoms with Crippen LogP contribution in [-0.2, 0) is 14.4 Å². The third-order valence-corrected chi connectivity index (χ3v) is 6.30. The standard InChI is InChI=1S/C24H42N6O6/c1-7-10-13-16(19(31)32)28(4)22-25-23(29(5)17(20(33)34)14-11-8-2)27-24(26-22)30(6)18(21(35)36)15-12-9-3/h16-18H,7-15H2,1-6H3,(H,31,32)(H,33,34)(H,35,36). The van der Waals surface area contributed by atoms with Crippen LogP contribution in [0.2, 0.25) is 0 Å². The van der Waals surface area contributed by atoms with Crippen LogP contribution in [0.25, 0.3) is 0 Å². The van der Waals surface area contributed by atoms with Crippen molar-refractivity contribution in [2.24, 2.45) is 0 Å². The van der Waals surface area contributed by atoms with Crippen molar-refractivity contribution in [1.29, 1.82) is 0 Å². The molecule has 3 atom stereocenters. The summed E-state index contributed by atoms with van der Waals surface area (Å²) in [5.41, 5.74) is 0. The van der Waals surface area contributed by atoms with Crippen LogP contribution in [0.1, 0.15) is 78.6 Å². The summed E-state index contributed by atoms with van der Waals surface area (Å²) in [6.07, 6.45) is 5.59. The van der Waals surface area contributed by atoms with Crippen molar-refractivity contribution >= 4 is 35.8 Å². The summed E-state index contributed by atoms with van der Waals surface area (Å²) in [4.78, 5) is 53.6. The van der Waals surface area contributed by atoms with E-state index in [-0.39, 0.29) is 17.8 Å². The number of hydrogen-bond acceptors (Lipinski definition) is 9. The average molecular weight is 511 g/mol. The molecule has 12 heteroatoms. The Hall–Kier alpha value is -3.18. The van der Waals surface area contributed by atoms with E-state index in [2.05, 4.69) is 15.0 Å². The molecule has 3 unspecified atom stereocenters. The van der Waals surface area contributed by atoms with E-state index < -0.39 is 36.0 Å². The fraction of sp³-hybridized carbons (Fsp3) is 0.750. The van der Waals surface area contributed by atoms with E-state index in [1.165, 1.54) is 14.7 Å². The third kappa shape index (κ3) is 8.49. The Bertz CT molecular complexity index is 748. The number of aliphatic carboxylic acids is 3. The number of aromatic nitrogens is 3. The van der Waals surface area contributed by atoms with Crippen LogP contribution in [0, 0.1) is 0 Å². The van der Waals surface area contributed by atoms with Crippen LogP contribution in [-0.4, -0.2) is 87.4 Å². The molecule has 3 N–H and O–H groups in total. The second kappa shape index (κ2) is 15.0. The zero-order valence-corrected chi connectivity index (χ0v) is 22.3. The van der Waals surface area contributed by atoms with Gasteiger partial charge in [0.25, 0.3) is 0 Å². The highest BCUT2D eigenvalue weighted by molar-refractivity contribution is 5.79. The van der Waals surface area contributed by atoms with Gasteiger partial charge in [-0.15, -0.1) is 0 Å². The van der Waals surface area contributed by atoms with Gasteiger partial charge in [0, 0.05) is 21.1 Å². The minimum atomic E-state index is -1.03. The van der Waals surface area contributed by atoms with Crippen molar-refractivity contribution in [2.45, 2.75) is 96.7 Å². The number of unbranched alkanes of at least 4 members (excludes halogenated alkanes) is 3. The van der Waals surface area contributed by atoms with Gasteiger partial charge in [0.1, 0.15) is 18.1 Å². The van der Waals surface area contributed by atoms with Crippen LogP contribution in [0.5, 0.6) is 0 Å². The Balaban J connectivity index is 3.62. The van der Waals surface area contributed by atoms with Gasteiger partial charge >= 0.3 is 17.9 Å². The van der Waals surface area contributed by atoms with Gasteiger partial charge in [0.15, 0.2) is 0 Å². The van der Waals surface area contributed by atoms with E-state index in [1.807, 2.05) is 20.8 Å². The highest BCUT2D eigenvalue weighted by atomic mass is 16.4. The molecule has 0 aromatic carbocycles. The topological polar surface area (TPSA) is 160 Å². The first-order chi connectivity index (χ1) is 17.0. The molecule has 1 heterocycles. The summed E-state index contributed by atoms with van der Waals surface area (Å²) in [5.74, 6) is -2.99. The third-order valence-electron chi connectivity index (χ3n) is 6.30. The largest absolute Gasteiger partial charge is 0.480 e. The van der Waals surface area contributed by atoms with Crippen molar-refractivity contribution in [3.63, 3.8) is 0 Å². The van der Waals surface area contributed by atoms with Crippen molar-refractivity contribution in [3.05, 3.63) is 0 Å². The number of likely N-dealkylation sites (N-methyl/N-ethyl adjacent to an activating group) is 3. The van der Waals surface area contributed by atoms with Crippen LogP contribution in [0.15, 0.2) is 0 Å². The molecule has 0 radical (unpaired) electrons. The van der Waals surface area contributed by atoms with E-state index >= 15 is 0 Å². The van der Waals surface area contributed by atoms with Gasteiger partial charge in [0.05, 0.1) is 0 Å². The first kappa shape index (κ1) is 30.9. The molecule has 1 rings (SSSR count). The Morgan fingerprint density at radius 1 is 0.583 bits per heavy atom. The number of nitrogens with zero attached hydrogens (tertiary/aromatic N) is 6. The van der Waals surface area contributed by atoms with Gasteiger partial charge in [-0.3, -0.25) is 0 Å². The molecular weight excluding hydrogens is 468 g/mol. The predicted molar refractivity (Wildman–Crippen MR) is 138 cm³/mol. The molecule has 0 aliphatic rings. The molecule has 0 fully saturated rings. The fourth-order valence-corrected chi connectivity index (χ4v) is 3.88. The monoisotopic (exact) mass is 510 g/mol. The smallest absolute Gasteiger partial charge is 0.326 e. The lowest BCUT2D eigenvalue weighted by molar-refractivity contribution is -0.139. The Morgan fingerprint density at radius 3 is 0.972 bits per heavy atom. The quantitative estimate of drug-likeness (QED) is 0.265. The fourth-order valence-electron chi connectivity index (χ4n) is 3.88. The Kier molecular flexibility index (Phi) is 12.9. The summed E-state index contributed by atoms with van der Waals surface area (Å²) in [6.45, 7) is 5.89. The Labute approximate surface area is 213 Å². The molecule has 0 aliphatic carbocycles. The average Bonchev–Trinajstić information content (AvgIpc) is 2.83. The summed E-state index contributed by atoms with van der Waals surface area (Å²) < 4.78 is 0. The highest BCUT2D eigenvalue weighted by Gasteiger charge is 2.31. The van der Waals surface area contributed by atoms with Gasteiger partial charge in [0.2, 0.25) is 17.8 Å². The maximum atomic E-state index is 12.0. The van der Waals surface area contributed by atoms with Crippen LogP contribution >= 0.6 is 0 Å². The first-order valence-corrected chi connectivity index (χ1v) is 12.6. The molecule has 0 amide bonds. The minimum absolute atomic E-state index is 0.0384. The predicted octanol–water partition coefficient (Wildman–Crippen LogP) is 3.11. The van der Waals surface area contributed by atoms with Gasteiger partial charge in [-0.2, -0.15) is 15.0 Å². The zero-order valence-electron chi connectivity index (χ0n) is 22.3. The summed E-state index contributed by atoms with van der Waals surface area (Å²) in [7, 11) is 4.69. The van der Waals surface area contributed by atoms with Crippen molar-refractivity contribution in [2.75, 3.05) is 35.8 Å². The lowest BCUT2D eigenvalue weighted by Crippen LogP contribution is -2.43. The highest BCUT2D eigenvalue weighted by Crippen LogP contribution is 2.24. The molecule has 0 saturated heterocycles. The first-order valence-electron chi connectivity index (χ1n) is 12.6. The lowest BCUT2D eigenvalue weighted by atomic mass is 10.1. The summed E-state index contributed by atoms with van der Waals surface area (Å²) >= 11 is 0. The number of anilines is 3. The molecule has 204 valence electrons. The number of carbonyl (C=O) groups is 3. The molecule has 36 heavy (non-hydrogen) atoms. The normalized spacial score (nSPS) is 13.5. The molecule has 1 aromatic heterocycles. The van der Waals surface area contributed by atoms with Crippen LogP contribution in [0.3, 0.4) is 0 Å². The van der Waals surface area contributed by atoms with Crippen molar-refractivity contribution in [1.82, 2.24) is 15.0 Å². The van der Waals surface area contributed by atoms with Crippen molar-refractivity contribution in [3.8, 4) is 0 Å². The van der Waals surface area contributed by atoms with E-state index in [9.17, 15) is 29.7 Å². The number of carboxylic acids is 3. The molecule has 12 nitrogen and oxygen atoms in total. The van der Waals surface area contributed by atoms with Gasteiger partial charge in [-0.05, 0) is 19.3 Å². The Morgan fingerprint density at radius 2 is 0.806 bits per heavy atom. The summed E-state index contributed by atoms with van der Waals surface area (Å²) in [5, 5.41) is 29.4. The zero-order chi connectivity index (χ0) is 27.4. The van der Waals surface area contributed by atoms with E-state index in [0.717, 1.165) is 19.3 Å². The SMILES string of the molecule is CCCCC(C(=O)O)N(C)c1nc(N(C)C(CCCC)C(=O)O)nc(N(C)C(CCCC)C(=O)O)n1. The summed E-state index contributed by atoms with van der Waals surface area (Å²) in [6, 6.07) is -2.72. The maximum Gasteiger partial charge on any atom is 0.326 e. The second-order valence-corrected chi connectivity index (χ2v) is 9.06. The van der Waals surface area contributed by atoms with Crippen molar-refractivity contribution < 1.29 is 29.7 Å². The lowest BCUT2D eigenvalue weighted by Gasteiger charge is -2.30. The maximum absolute atomic E-state index is 12.0. The van der Waals surface area contributed by atoms with E-state index in [0.29, 0.717) is 38.5 Å². The van der Waals surface area contributed by atoms with Gasteiger partial charge in [-0.1, -0.05) is 59.3 Å². The van der Waals surface area contributed by atoms with E-state index in [4.69, 9.17) is 0 Å². The number of carboxylic acid groups (broad SMARTS) is 3. The second-order valence-electron chi connectivity index (χ2n) is 9.06. The molecular formula is C24H42N6O6. The van der Waals surface area contributed by atoms with E-state index in [1.54, 1.807) is 21.1 Å². The molecule has 0 bridgehead atoms. The number of rotatable bonds is 18. The van der Waals surface area contributed by atoms with Gasteiger partial charge < -0.3 is 30.0 Å². The van der Waals surface area contributed by atoms with Crippen LogP contribution < -0.4 is 14.7 Å². The molecule has 0 aliphatic heterocycles. The van der Waals surface area contributed by atoms with Crippen LogP contribution in [0.4, 0.5) is 17.8 Å². The molecule has 0 saturated carbocycles. The molecule has 1 aromatic rings. The molecule has 0 spiro atoms. The van der Waals surface area contributed by atoms with Gasteiger partial charge in [-0.25, -0.2) is 14.4 Å². The minimum Gasteiger partial charge on any atom is -0.480 e. The number of hydrogen-bond donors (Lipinski definition) is 3.